The normalized spacial score (nSPS) is 18.2. The summed E-state index contributed by atoms with van der Waals surface area (Å²) in [6, 6.07) is 8.63. The maximum Gasteiger partial charge on any atom is 0.0746 e. The Morgan fingerprint density at radius 2 is 1.90 bits per heavy atom. The lowest BCUT2D eigenvalue weighted by atomic mass is 9.94. The van der Waals surface area contributed by atoms with Crippen LogP contribution >= 0.6 is 0 Å². The second-order valence-corrected chi connectivity index (χ2v) is 7.02. The van der Waals surface area contributed by atoms with E-state index in [1.165, 1.54) is 37.2 Å². The monoisotopic (exact) mass is 290 g/mol. The van der Waals surface area contributed by atoms with Crippen LogP contribution in [-0.2, 0) is 6.54 Å². The van der Waals surface area contributed by atoms with Crippen LogP contribution < -0.4 is 10.2 Å². The van der Waals surface area contributed by atoms with E-state index in [1.807, 2.05) is 6.92 Å². The van der Waals surface area contributed by atoms with Crippen LogP contribution in [0.25, 0.3) is 0 Å². The van der Waals surface area contributed by atoms with Crippen LogP contribution in [-0.4, -0.2) is 30.3 Å². The van der Waals surface area contributed by atoms with Crippen LogP contribution in [0.1, 0.15) is 45.6 Å². The predicted octanol–water partition coefficient (Wildman–Crippen LogP) is 3.17. The largest absolute Gasteiger partial charge is 0.389 e. The van der Waals surface area contributed by atoms with Gasteiger partial charge in [-0.05, 0) is 43.7 Å². The Morgan fingerprint density at radius 1 is 1.24 bits per heavy atom. The van der Waals surface area contributed by atoms with Gasteiger partial charge in [-0.1, -0.05) is 32.0 Å². The first kappa shape index (κ1) is 16.3. The first-order valence-corrected chi connectivity index (χ1v) is 8.24. The van der Waals surface area contributed by atoms with E-state index in [9.17, 15) is 5.11 Å². The van der Waals surface area contributed by atoms with Gasteiger partial charge in [-0.15, -0.1) is 0 Å². The molecule has 0 amide bonds. The highest BCUT2D eigenvalue weighted by Crippen LogP contribution is 2.24. The van der Waals surface area contributed by atoms with Crippen molar-refractivity contribution in [1.29, 1.82) is 0 Å². The molecular formula is C18H30N2O. The maximum absolute atomic E-state index is 10.4. The standard InChI is InChI=1S/C18H30N2O/c1-15(2)12-18(3,21)14-19-13-16-8-4-5-9-17(16)20-10-6-7-11-20/h4-5,8-9,15,19,21H,6-7,10-14H2,1-3H3. The van der Waals surface area contributed by atoms with Gasteiger partial charge in [-0.3, -0.25) is 0 Å². The van der Waals surface area contributed by atoms with E-state index in [4.69, 9.17) is 0 Å². The minimum atomic E-state index is -0.628. The molecule has 1 heterocycles. The molecule has 0 radical (unpaired) electrons. The Labute approximate surface area is 129 Å². The van der Waals surface area contributed by atoms with E-state index in [1.54, 1.807) is 0 Å². The number of aliphatic hydroxyl groups is 1. The number of nitrogens with zero attached hydrogens (tertiary/aromatic N) is 1. The lowest BCUT2D eigenvalue weighted by Crippen LogP contribution is -2.38. The zero-order chi connectivity index (χ0) is 15.3. The first-order valence-electron chi connectivity index (χ1n) is 8.24. The van der Waals surface area contributed by atoms with Crippen molar-refractivity contribution < 1.29 is 5.11 Å². The van der Waals surface area contributed by atoms with Crippen LogP contribution in [0.2, 0.25) is 0 Å². The quantitative estimate of drug-likeness (QED) is 0.809. The Hall–Kier alpha value is -1.06. The van der Waals surface area contributed by atoms with Crippen molar-refractivity contribution in [2.24, 2.45) is 5.92 Å². The van der Waals surface area contributed by atoms with Crippen LogP contribution in [0.4, 0.5) is 5.69 Å². The van der Waals surface area contributed by atoms with Crippen molar-refractivity contribution in [3.8, 4) is 0 Å². The summed E-state index contributed by atoms with van der Waals surface area (Å²) in [6.45, 7) is 10.0. The van der Waals surface area contributed by atoms with Crippen molar-refractivity contribution in [1.82, 2.24) is 5.32 Å². The topological polar surface area (TPSA) is 35.5 Å². The zero-order valence-corrected chi connectivity index (χ0v) is 13.7. The van der Waals surface area contributed by atoms with Gasteiger partial charge in [0.05, 0.1) is 5.60 Å². The van der Waals surface area contributed by atoms with E-state index in [2.05, 4.69) is 48.3 Å². The number of hydrogen-bond donors (Lipinski definition) is 2. The van der Waals surface area contributed by atoms with Gasteiger partial charge in [0.1, 0.15) is 0 Å². The number of nitrogens with one attached hydrogen (secondary N) is 1. The summed E-state index contributed by atoms with van der Waals surface area (Å²) in [5.74, 6) is 0.513. The van der Waals surface area contributed by atoms with E-state index >= 15 is 0 Å². The number of anilines is 1. The first-order chi connectivity index (χ1) is 9.98. The Balaban J connectivity index is 1.91. The van der Waals surface area contributed by atoms with Gasteiger partial charge in [0.25, 0.3) is 0 Å². The average Bonchev–Trinajstić information content (AvgIpc) is 2.91. The summed E-state index contributed by atoms with van der Waals surface area (Å²) < 4.78 is 0. The van der Waals surface area contributed by atoms with Crippen molar-refractivity contribution in [2.45, 2.75) is 52.2 Å². The zero-order valence-electron chi connectivity index (χ0n) is 13.7. The van der Waals surface area contributed by atoms with E-state index in [0.717, 1.165) is 13.0 Å². The Kier molecular flexibility index (Phi) is 5.65. The average molecular weight is 290 g/mol. The third-order valence-electron chi connectivity index (χ3n) is 4.11. The molecular weight excluding hydrogens is 260 g/mol. The third kappa shape index (κ3) is 5.01. The predicted molar refractivity (Wildman–Crippen MR) is 89.7 cm³/mol. The van der Waals surface area contributed by atoms with Crippen molar-refractivity contribution in [3.05, 3.63) is 29.8 Å². The minimum absolute atomic E-state index is 0.513. The Bertz CT molecular complexity index is 437. The molecule has 118 valence electrons. The lowest BCUT2D eigenvalue weighted by Gasteiger charge is -2.26. The van der Waals surface area contributed by atoms with E-state index in [-0.39, 0.29) is 0 Å². The molecule has 1 aromatic rings. The van der Waals surface area contributed by atoms with E-state index < -0.39 is 5.60 Å². The second kappa shape index (κ2) is 7.28. The van der Waals surface area contributed by atoms with Gasteiger partial charge in [-0.25, -0.2) is 0 Å². The van der Waals surface area contributed by atoms with E-state index in [0.29, 0.717) is 12.5 Å². The fourth-order valence-corrected chi connectivity index (χ4v) is 3.34. The molecule has 2 N–H and O–H groups in total. The number of hydrogen-bond acceptors (Lipinski definition) is 3. The van der Waals surface area contributed by atoms with Crippen molar-refractivity contribution in [2.75, 3.05) is 24.5 Å². The molecule has 1 unspecified atom stereocenters. The molecule has 1 fully saturated rings. The number of rotatable bonds is 7. The number of para-hydroxylation sites is 1. The highest BCUT2D eigenvalue weighted by atomic mass is 16.3. The minimum Gasteiger partial charge on any atom is -0.389 e. The molecule has 1 aliphatic rings. The molecule has 1 aromatic carbocycles. The fourth-order valence-electron chi connectivity index (χ4n) is 3.34. The van der Waals surface area contributed by atoms with Crippen molar-refractivity contribution in [3.63, 3.8) is 0 Å². The second-order valence-electron chi connectivity index (χ2n) is 7.02. The molecule has 1 atom stereocenters. The molecule has 2 rings (SSSR count). The summed E-state index contributed by atoms with van der Waals surface area (Å²) in [5, 5.41) is 13.8. The highest BCUT2D eigenvalue weighted by Gasteiger charge is 2.21. The molecule has 0 saturated carbocycles. The number of benzene rings is 1. The maximum atomic E-state index is 10.4. The molecule has 1 saturated heterocycles. The third-order valence-corrected chi connectivity index (χ3v) is 4.11. The molecule has 0 spiro atoms. The molecule has 0 bridgehead atoms. The van der Waals surface area contributed by atoms with Gasteiger partial charge >= 0.3 is 0 Å². The molecule has 3 nitrogen and oxygen atoms in total. The van der Waals surface area contributed by atoms with Crippen molar-refractivity contribution >= 4 is 5.69 Å². The molecule has 0 aromatic heterocycles. The molecule has 1 aliphatic heterocycles. The van der Waals surface area contributed by atoms with Gasteiger partial charge in [-0.2, -0.15) is 0 Å². The molecule has 0 aliphatic carbocycles. The highest BCUT2D eigenvalue weighted by molar-refractivity contribution is 5.54. The summed E-state index contributed by atoms with van der Waals surface area (Å²) in [5.41, 5.74) is 2.06. The summed E-state index contributed by atoms with van der Waals surface area (Å²) in [4.78, 5) is 2.48. The van der Waals surface area contributed by atoms with Crippen LogP contribution in [0, 0.1) is 5.92 Å². The fraction of sp³-hybridized carbons (Fsp3) is 0.667. The smallest absolute Gasteiger partial charge is 0.0746 e. The molecule has 3 heteroatoms. The van der Waals surface area contributed by atoms with Gasteiger partial charge in [0, 0.05) is 31.9 Å². The lowest BCUT2D eigenvalue weighted by molar-refractivity contribution is 0.0383. The molecule has 21 heavy (non-hydrogen) atoms. The summed E-state index contributed by atoms with van der Waals surface area (Å²) in [6.07, 6.45) is 3.42. The summed E-state index contributed by atoms with van der Waals surface area (Å²) in [7, 11) is 0. The van der Waals surface area contributed by atoms with Crippen LogP contribution in [0.3, 0.4) is 0 Å². The van der Waals surface area contributed by atoms with Gasteiger partial charge in [0.2, 0.25) is 0 Å². The summed E-state index contributed by atoms with van der Waals surface area (Å²) >= 11 is 0. The van der Waals surface area contributed by atoms with Gasteiger partial charge in [0.15, 0.2) is 0 Å². The van der Waals surface area contributed by atoms with Crippen LogP contribution in [0.5, 0.6) is 0 Å². The Morgan fingerprint density at radius 3 is 2.57 bits per heavy atom. The van der Waals surface area contributed by atoms with Crippen LogP contribution in [0.15, 0.2) is 24.3 Å². The SMILES string of the molecule is CC(C)CC(C)(O)CNCc1ccccc1N1CCCC1. The van der Waals surface area contributed by atoms with Gasteiger partial charge < -0.3 is 15.3 Å².